The molecule has 3 fully saturated rings. The summed E-state index contributed by atoms with van der Waals surface area (Å²) in [5.41, 5.74) is 27.5. The SMILES string of the molecule is CCCCCCCCOC(=O)N1CCC(=C2c3ccc(C)cc3CCc3cccnc32)CC1.CCCCCCOC(=O)N1CCC(=C2c3ccc(C)cc3CCc3cccnc32)CC1.Cc1ccc2c(c1)CCc1cccnc1C2=C1CCN(C(=O)Oc2ccc(Br)cc2)CC1. The number of unbranched alkanes of at least 4 members (excludes halogenated alkanes) is 8. The van der Waals surface area contributed by atoms with Crippen LogP contribution in [0.2, 0.25) is 0 Å². The molecule has 6 heterocycles. The van der Waals surface area contributed by atoms with E-state index in [1.54, 1.807) is 17.0 Å². The summed E-state index contributed by atoms with van der Waals surface area (Å²) in [5, 5.41) is 0. The van der Waals surface area contributed by atoms with Crippen LogP contribution in [0.5, 0.6) is 5.75 Å². The molecule has 3 aliphatic carbocycles. The van der Waals surface area contributed by atoms with Gasteiger partial charge in [0.25, 0.3) is 0 Å². The number of aromatic nitrogens is 3. The molecule has 0 atom stereocenters. The predicted octanol–water partition coefficient (Wildman–Crippen LogP) is 19.3. The number of carbonyl (C=O) groups excluding carboxylic acids is 3. The van der Waals surface area contributed by atoms with E-state index >= 15 is 0 Å². The number of fused-ring (bicyclic) bond motifs is 6. The average Bonchev–Trinajstić information content (AvgIpc) is 1.54. The minimum atomic E-state index is -0.285. The van der Waals surface area contributed by atoms with Crippen molar-refractivity contribution in [1.82, 2.24) is 29.7 Å². The molecule has 4 aromatic carbocycles. The molecule has 502 valence electrons. The fourth-order valence-electron chi connectivity index (χ4n) is 14.6. The van der Waals surface area contributed by atoms with E-state index in [1.165, 1.54) is 139 Å². The number of pyridine rings is 3. The highest BCUT2D eigenvalue weighted by molar-refractivity contribution is 9.10. The largest absolute Gasteiger partial charge is 0.449 e. The zero-order chi connectivity index (χ0) is 66.8. The van der Waals surface area contributed by atoms with Crippen molar-refractivity contribution >= 4 is 50.9 Å². The number of ether oxygens (including phenoxy) is 3. The Bertz CT molecular complexity index is 3930. The second-order valence-corrected chi connectivity index (χ2v) is 27.7. The summed E-state index contributed by atoms with van der Waals surface area (Å²) in [5.74, 6) is 0.563. The topological polar surface area (TPSA) is 127 Å². The first-order valence-electron chi connectivity index (χ1n) is 35.8. The molecule has 0 bridgehead atoms. The lowest BCUT2D eigenvalue weighted by Gasteiger charge is -2.29. The molecule has 3 aliphatic heterocycles. The molecule has 0 unspecified atom stereocenters. The number of halogens is 1. The molecule has 13 heteroatoms. The lowest BCUT2D eigenvalue weighted by Crippen LogP contribution is -2.38. The predicted molar refractivity (Wildman–Crippen MR) is 389 cm³/mol. The summed E-state index contributed by atoms with van der Waals surface area (Å²) in [4.78, 5) is 57.7. The summed E-state index contributed by atoms with van der Waals surface area (Å²) in [6.45, 7) is 16.1. The van der Waals surface area contributed by atoms with Gasteiger partial charge in [0, 0.05) is 79.1 Å². The summed E-state index contributed by atoms with van der Waals surface area (Å²) in [7, 11) is 0. The van der Waals surface area contributed by atoms with E-state index in [2.05, 4.69) is 123 Å². The van der Waals surface area contributed by atoms with Crippen LogP contribution in [0.25, 0.3) is 16.7 Å². The van der Waals surface area contributed by atoms with Gasteiger partial charge in [-0.25, -0.2) is 14.4 Å². The van der Waals surface area contributed by atoms with Crippen molar-refractivity contribution in [1.29, 1.82) is 0 Å². The fourth-order valence-corrected chi connectivity index (χ4v) is 14.9. The Labute approximate surface area is 578 Å². The molecule has 3 aromatic heterocycles. The third-order valence-corrected chi connectivity index (χ3v) is 20.4. The van der Waals surface area contributed by atoms with Gasteiger partial charge in [-0.3, -0.25) is 15.0 Å². The van der Waals surface area contributed by atoms with Gasteiger partial charge >= 0.3 is 18.3 Å². The highest BCUT2D eigenvalue weighted by Crippen LogP contribution is 2.42. The van der Waals surface area contributed by atoms with E-state index in [9.17, 15) is 14.4 Å². The van der Waals surface area contributed by atoms with Crippen LogP contribution >= 0.6 is 15.9 Å². The van der Waals surface area contributed by atoms with Crippen LogP contribution in [0.15, 0.2) is 155 Å². The van der Waals surface area contributed by atoms with Crippen LogP contribution in [0.3, 0.4) is 0 Å². The second-order valence-electron chi connectivity index (χ2n) is 26.8. The van der Waals surface area contributed by atoms with Gasteiger partial charge in [-0.15, -0.1) is 0 Å². The highest BCUT2D eigenvalue weighted by Gasteiger charge is 2.31. The average molecular weight is 1350 g/mol. The van der Waals surface area contributed by atoms with Gasteiger partial charge in [-0.2, -0.15) is 0 Å². The zero-order valence-electron chi connectivity index (χ0n) is 57.4. The number of likely N-dealkylation sites (tertiary alicyclic amines) is 3. The minimum absolute atomic E-state index is 0.150. The van der Waals surface area contributed by atoms with Gasteiger partial charge in [0.2, 0.25) is 0 Å². The van der Waals surface area contributed by atoms with Crippen LogP contribution in [-0.4, -0.2) is 100 Å². The fraction of sp³-hybridized carbons (Fsp3) is 0.422. The Hall–Kier alpha value is -8.16. The van der Waals surface area contributed by atoms with Crippen LogP contribution in [0.1, 0.15) is 200 Å². The number of piperidine rings is 3. The maximum atomic E-state index is 12.7. The van der Waals surface area contributed by atoms with E-state index in [-0.39, 0.29) is 18.3 Å². The number of aryl methyl sites for hydroxylation is 9. The Morgan fingerprint density at radius 2 is 0.708 bits per heavy atom. The van der Waals surface area contributed by atoms with Gasteiger partial charge in [-0.05, 0) is 203 Å². The molecule has 0 saturated carbocycles. The summed E-state index contributed by atoms with van der Waals surface area (Å²) < 4.78 is 17.6. The third-order valence-electron chi connectivity index (χ3n) is 19.9. The molecule has 3 saturated heterocycles. The van der Waals surface area contributed by atoms with Crippen LogP contribution in [0.4, 0.5) is 14.4 Å². The van der Waals surface area contributed by atoms with Gasteiger partial charge in [0.1, 0.15) is 5.75 Å². The first-order chi connectivity index (χ1) is 46.9. The molecular weight excluding hydrogens is 1260 g/mol. The standard InChI is InChI=1S/C29H38N2O2.C27H25BrN2O2.C27H34N2O2/c1-3-4-5-6-7-8-20-33-29(32)31-18-15-23(16-19-31)27-26-14-11-22(2)21-25(26)13-12-24-10-9-17-30-28(24)27;1-18-4-11-24-21(17-18)6-5-20-3-2-14-29-26(20)25(24)19-12-15-30(16-13-19)27(31)32-23-9-7-22(28)8-10-23;1-3-4-5-6-18-31-27(30)29-16-13-21(14-17-29)25-24-12-9-20(2)19-23(24)11-10-22-8-7-15-28-26(22)25/h9-11,14,17,21H,3-8,12-13,15-16,18-20H2,1-2H3;2-4,7-11,14,17H,5-6,12-13,15-16H2,1H3;7-9,12,15,19H,3-6,10-11,13-14,16-18H2,1-2H3. The number of hydrogen-bond donors (Lipinski definition) is 0. The number of carbonyl (C=O) groups is 3. The molecule has 0 radical (unpaired) electrons. The van der Waals surface area contributed by atoms with E-state index in [0.717, 1.165) is 150 Å². The summed E-state index contributed by atoms with van der Waals surface area (Å²) in [6.07, 6.45) is 28.1. The number of hydrogen-bond acceptors (Lipinski definition) is 9. The summed E-state index contributed by atoms with van der Waals surface area (Å²) >= 11 is 3.40. The molecule has 3 amide bonds. The van der Waals surface area contributed by atoms with E-state index in [1.807, 2.05) is 58.7 Å². The molecule has 0 N–H and O–H groups in total. The maximum Gasteiger partial charge on any atom is 0.415 e. The number of nitrogens with zero attached hydrogens (tertiary/aromatic N) is 6. The van der Waals surface area contributed by atoms with E-state index in [4.69, 9.17) is 29.2 Å². The van der Waals surface area contributed by atoms with Gasteiger partial charge in [0.15, 0.2) is 0 Å². The molecule has 7 aromatic rings. The number of amides is 3. The van der Waals surface area contributed by atoms with Gasteiger partial charge < -0.3 is 28.9 Å². The van der Waals surface area contributed by atoms with Crippen molar-refractivity contribution in [2.75, 3.05) is 52.5 Å². The van der Waals surface area contributed by atoms with Crippen molar-refractivity contribution in [3.8, 4) is 5.75 Å². The van der Waals surface area contributed by atoms with Crippen LogP contribution < -0.4 is 4.74 Å². The Balaban J connectivity index is 0.000000146. The van der Waals surface area contributed by atoms with E-state index in [0.29, 0.717) is 32.1 Å². The second kappa shape index (κ2) is 34.2. The number of benzene rings is 4. The minimum Gasteiger partial charge on any atom is -0.449 e. The lowest BCUT2D eigenvalue weighted by molar-refractivity contribution is 0.0971. The number of rotatable bonds is 13. The highest BCUT2D eigenvalue weighted by atomic mass is 79.9. The molecule has 6 aliphatic rings. The monoisotopic (exact) mass is 1350 g/mol. The van der Waals surface area contributed by atoms with Crippen molar-refractivity contribution in [3.63, 3.8) is 0 Å². The van der Waals surface area contributed by atoms with Gasteiger partial charge in [-0.1, -0.05) is 187 Å². The van der Waals surface area contributed by atoms with Crippen LogP contribution in [-0.2, 0) is 48.0 Å². The molecule has 0 spiro atoms. The quantitative estimate of drug-likeness (QED) is 0.104. The van der Waals surface area contributed by atoms with Crippen molar-refractivity contribution in [2.45, 2.75) is 176 Å². The van der Waals surface area contributed by atoms with Crippen molar-refractivity contribution in [3.05, 3.63) is 239 Å². The Morgan fingerprint density at radius 1 is 0.385 bits per heavy atom. The first-order valence-corrected chi connectivity index (χ1v) is 36.6. The van der Waals surface area contributed by atoms with Crippen LogP contribution in [0, 0.1) is 20.8 Å². The van der Waals surface area contributed by atoms with Gasteiger partial charge in [0.05, 0.1) is 30.3 Å². The third kappa shape index (κ3) is 17.7. The van der Waals surface area contributed by atoms with E-state index < -0.39 is 0 Å². The lowest BCUT2D eigenvalue weighted by atomic mass is 9.88. The molecular formula is C83H97BrN6O6. The zero-order valence-corrected chi connectivity index (χ0v) is 59.0. The molecule has 12 nitrogen and oxygen atoms in total. The maximum absolute atomic E-state index is 12.7. The normalized spacial score (nSPS) is 15.7. The Kier molecular flexibility index (Phi) is 24.6. The molecule has 13 rings (SSSR count). The first kappa shape index (κ1) is 69.2. The molecule has 96 heavy (non-hydrogen) atoms. The van der Waals surface area contributed by atoms with Crippen molar-refractivity contribution < 1.29 is 28.6 Å². The Morgan fingerprint density at radius 3 is 1.07 bits per heavy atom. The van der Waals surface area contributed by atoms with Crippen molar-refractivity contribution in [2.24, 2.45) is 0 Å². The summed E-state index contributed by atoms with van der Waals surface area (Å²) in [6, 6.07) is 40.5. The smallest absolute Gasteiger partial charge is 0.415 e.